The van der Waals surface area contributed by atoms with Crippen molar-refractivity contribution in [2.75, 3.05) is 5.32 Å². The Morgan fingerprint density at radius 2 is 1.80 bits per heavy atom. The van der Waals surface area contributed by atoms with Gasteiger partial charge in [0, 0.05) is 23.7 Å². The number of carboxylic acids is 1. The number of halogens is 1. The van der Waals surface area contributed by atoms with Crippen LogP contribution < -0.4 is 10.7 Å². The van der Waals surface area contributed by atoms with Gasteiger partial charge in [-0.1, -0.05) is 17.7 Å². The summed E-state index contributed by atoms with van der Waals surface area (Å²) in [6.45, 7) is 1.40. The summed E-state index contributed by atoms with van der Waals surface area (Å²) in [5, 5.41) is 15.6. The third-order valence-electron chi connectivity index (χ3n) is 3.94. The van der Waals surface area contributed by atoms with Crippen molar-refractivity contribution < 1.29 is 23.9 Å². The summed E-state index contributed by atoms with van der Waals surface area (Å²) in [6.07, 6.45) is 1.33. The van der Waals surface area contributed by atoms with Gasteiger partial charge in [0.25, 0.3) is 5.91 Å². The highest BCUT2D eigenvalue weighted by molar-refractivity contribution is 6.33. The van der Waals surface area contributed by atoms with Crippen LogP contribution in [0.4, 0.5) is 5.69 Å². The molecule has 0 aliphatic carbocycles. The molecule has 3 N–H and O–H groups in total. The Bertz CT molecular complexity index is 1140. The van der Waals surface area contributed by atoms with Gasteiger partial charge in [-0.15, -0.1) is 0 Å². The van der Waals surface area contributed by atoms with Crippen molar-refractivity contribution in [3.05, 3.63) is 76.5 Å². The largest absolute Gasteiger partial charge is 0.478 e. The second kappa shape index (κ2) is 9.06. The monoisotopic (exact) mass is 425 g/mol. The first kappa shape index (κ1) is 20.8. The maximum Gasteiger partial charge on any atom is 0.337 e. The normalized spacial score (nSPS) is 10.7. The topological polar surface area (TPSA) is 121 Å². The predicted molar refractivity (Wildman–Crippen MR) is 112 cm³/mol. The molecule has 30 heavy (non-hydrogen) atoms. The molecule has 2 aromatic carbocycles. The molecular weight excluding hydrogens is 410 g/mol. The Hall–Kier alpha value is -3.91. The molecule has 0 spiro atoms. The average Bonchev–Trinajstić information content (AvgIpc) is 3.16. The zero-order valence-corrected chi connectivity index (χ0v) is 16.4. The van der Waals surface area contributed by atoms with Crippen molar-refractivity contribution in [2.24, 2.45) is 5.10 Å². The van der Waals surface area contributed by atoms with Crippen LogP contribution in [0.3, 0.4) is 0 Å². The quantitative estimate of drug-likeness (QED) is 0.407. The molecule has 8 nitrogen and oxygen atoms in total. The lowest BCUT2D eigenvalue weighted by Gasteiger charge is -2.03. The molecule has 0 saturated carbocycles. The molecule has 0 aliphatic heterocycles. The predicted octanol–water partition coefficient (Wildman–Crippen LogP) is 4.02. The van der Waals surface area contributed by atoms with Gasteiger partial charge >= 0.3 is 5.97 Å². The summed E-state index contributed by atoms with van der Waals surface area (Å²) in [5.74, 6) is -0.891. The fourth-order valence-electron chi connectivity index (χ4n) is 2.55. The number of nitrogens with one attached hydrogen (secondary N) is 2. The van der Waals surface area contributed by atoms with E-state index < -0.39 is 11.9 Å². The van der Waals surface area contributed by atoms with Crippen LogP contribution in [0.5, 0.6) is 0 Å². The molecule has 0 saturated heterocycles. The van der Waals surface area contributed by atoms with E-state index in [0.29, 0.717) is 28.3 Å². The summed E-state index contributed by atoms with van der Waals surface area (Å²) >= 11 is 5.98. The van der Waals surface area contributed by atoms with Crippen LogP contribution >= 0.6 is 11.6 Å². The van der Waals surface area contributed by atoms with Crippen LogP contribution in [-0.4, -0.2) is 29.1 Å². The molecule has 1 heterocycles. The molecule has 9 heteroatoms. The molecule has 0 atom stereocenters. The lowest BCUT2D eigenvalue weighted by Crippen LogP contribution is -2.17. The van der Waals surface area contributed by atoms with E-state index in [9.17, 15) is 14.4 Å². The van der Waals surface area contributed by atoms with Crippen molar-refractivity contribution in [1.82, 2.24) is 5.43 Å². The lowest BCUT2D eigenvalue weighted by molar-refractivity contribution is -0.114. The van der Waals surface area contributed by atoms with Crippen LogP contribution in [0.2, 0.25) is 5.02 Å². The van der Waals surface area contributed by atoms with Crippen LogP contribution in [0.1, 0.15) is 33.4 Å². The van der Waals surface area contributed by atoms with Crippen LogP contribution in [0, 0.1) is 0 Å². The minimum Gasteiger partial charge on any atom is -0.478 e. The average molecular weight is 426 g/mol. The van der Waals surface area contributed by atoms with Gasteiger partial charge in [-0.05, 0) is 48.5 Å². The summed E-state index contributed by atoms with van der Waals surface area (Å²) in [6, 6.07) is 14.1. The van der Waals surface area contributed by atoms with E-state index >= 15 is 0 Å². The van der Waals surface area contributed by atoms with E-state index in [2.05, 4.69) is 15.8 Å². The molecule has 3 rings (SSSR count). The number of anilines is 1. The summed E-state index contributed by atoms with van der Waals surface area (Å²) < 4.78 is 5.62. The number of hydrogen-bond acceptors (Lipinski definition) is 5. The molecule has 0 aliphatic rings. The van der Waals surface area contributed by atoms with E-state index in [1.165, 1.54) is 25.3 Å². The van der Waals surface area contributed by atoms with Crippen molar-refractivity contribution in [3.63, 3.8) is 0 Å². The van der Waals surface area contributed by atoms with E-state index in [0.717, 1.165) is 0 Å². The lowest BCUT2D eigenvalue weighted by atomic mass is 10.1. The first-order valence-electron chi connectivity index (χ1n) is 8.67. The standard InChI is InChI=1S/C21H16ClN3O5/c1-12(26)24-15-5-2-13(3-6-15)20(27)25-23-11-16-7-9-19(30-16)14-4-8-17(21(28)29)18(22)10-14/h2-11H,1H3,(H,24,26)(H,25,27)(H,28,29)/b23-11-. The number of carbonyl (C=O) groups excluding carboxylic acids is 2. The van der Waals surface area contributed by atoms with Crippen LogP contribution in [-0.2, 0) is 4.79 Å². The number of amides is 2. The number of hydrazone groups is 1. The van der Waals surface area contributed by atoms with Crippen molar-refractivity contribution >= 4 is 41.3 Å². The van der Waals surface area contributed by atoms with Gasteiger partial charge < -0.3 is 14.8 Å². The molecule has 0 bridgehead atoms. The molecular formula is C21H16ClN3O5. The molecule has 0 radical (unpaired) electrons. The van der Waals surface area contributed by atoms with Crippen molar-refractivity contribution in [2.45, 2.75) is 6.92 Å². The van der Waals surface area contributed by atoms with E-state index in [1.807, 2.05) is 0 Å². The fourth-order valence-corrected chi connectivity index (χ4v) is 2.81. The highest BCUT2D eigenvalue weighted by atomic mass is 35.5. The smallest absolute Gasteiger partial charge is 0.337 e. The minimum absolute atomic E-state index is 0.00146. The van der Waals surface area contributed by atoms with Gasteiger partial charge in [0.05, 0.1) is 16.8 Å². The molecule has 0 unspecified atom stereocenters. The van der Waals surface area contributed by atoms with E-state index in [-0.39, 0.29) is 16.5 Å². The Kier molecular flexibility index (Phi) is 6.29. The summed E-state index contributed by atoms with van der Waals surface area (Å²) in [4.78, 5) is 34.2. The number of nitrogens with zero attached hydrogens (tertiary/aromatic N) is 1. The minimum atomic E-state index is -1.11. The number of aromatic carboxylic acids is 1. The van der Waals surface area contributed by atoms with Gasteiger partial charge in [-0.2, -0.15) is 5.10 Å². The van der Waals surface area contributed by atoms with Gasteiger partial charge in [0.15, 0.2) is 0 Å². The zero-order valence-electron chi connectivity index (χ0n) is 15.7. The third kappa shape index (κ3) is 5.12. The highest BCUT2D eigenvalue weighted by Gasteiger charge is 2.11. The maximum absolute atomic E-state index is 12.1. The second-order valence-corrected chi connectivity index (χ2v) is 6.57. The van der Waals surface area contributed by atoms with Crippen LogP contribution in [0.25, 0.3) is 11.3 Å². The molecule has 0 fully saturated rings. The second-order valence-electron chi connectivity index (χ2n) is 6.16. The van der Waals surface area contributed by atoms with Gasteiger partial charge in [-0.3, -0.25) is 9.59 Å². The third-order valence-corrected chi connectivity index (χ3v) is 4.25. The molecule has 3 aromatic rings. The number of carboxylic acid groups (broad SMARTS) is 1. The molecule has 152 valence electrons. The van der Waals surface area contributed by atoms with Crippen molar-refractivity contribution in [3.8, 4) is 11.3 Å². The Morgan fingerprint density at radius 1 is 1.07 bits per heavy atom. The van der Waals surface area contributed by atoms with Gasteiger partial charge in [0.2, 0.25) is 5.91 Å². The number of benzene rings is 2. The molecule has 1 aromatic heterocycles. The summed E-state index contributed by atoms with van der Waals surface area (Å²) in [5.41, 5.74) is 3.94. The van der Waals surface area contributed by atoms with Crippen molar-refractivity contribution in [1.29, 1.82) is 0 Å². The first-order valence-corrected chi connectivity index (χ1v) is 9.05. The highest BCUT2D eigenvalue weighted by Crippen LogP contribution is 2.27. The SMILES string of the molecule is CC(=O)Nc1ccc(C(=O)N/N=C\c2ccc(-c3ccc(C(=O)O)c(Cl)c3)o2)cc1. The number of hydrogen-bond donors (Lipinski definition) is 3. The summed E-state index contributed by atoms with van der Waals surface area (Å²) in [7, 11) is 0. The Labute approximate surface area is 176 Å². The number of carbonyl (C=O) groups is 3. The number of furan rings is 1. The number of rotatable bonds is 6. The van der Waals surface area contributed by atoms with E-state index in [1.54, 1.807) is 42.5 Å². The van der Waals surface area contributed by atoms with Gasteiger partial charge in [-0.25, -0.2) is 10.2 Å². The van der Waals surface area contributed by atoms with Crippen LogP contribution in [0.15, 0.2) is 64.1 Å². The Balaban J connectivity index is 1.63. The zero-order chi connectivity index (χ0) is 21.7. The Morgan fingerprint density at radius 3 is 2.43 bits per heavy atom. The maximum atomic E-state index is 12.1. The van der Waals surface area contributed by atoms with E-state index in [4.69, 9.17) is 21.1 Å². The molecule has 2 amide bonds. The van der Waals surface area contributed by atoms with Gasteiger partial charge in [0.1, 0.15) is 11.5 Å². The fraction of sp³-hybridized carbons (Fsp3) is 0.0476. The first-order chi connectivity index (χ1) is 14.3.